The van der Waals surface area contributed by atoms with Gasteiger partial charge in [0, 0.05) is 57.2 Å². The van der Waals surface area contributed by atoms with Crippen molar-refractivity contribution in [1.29, 1.82) is 0 Å². The topological polar surface area (TPSA) is 52.9 Å². The van der Waals surface area contributed by atoms with Gasteiger partial charge in [0.1, 0.15) is 11.5 Å². The van der Waals surface area contributed by atoms with E-state index in [1.807, 2.05) is 35.7 Å². The molecule has 6 nitrogen and oxygen atoms in total. The summed E-state index contributed by atoms with van der Waals surface area (Å²) >= 11 is 0. The van der Waals surface area contributed by atoms with Crippen LogP contribution in [-0.4, -0.2) is 57.3 Å². The standard InChI is InChI=1S/C22H26FN5O/c1-17(22(29)24-14-18-6-2-3-7-20(18)23)27-12-10-26(11-13-27)15-19-16-28-9-5-4-8-21(28)25-19/h2-9,16-17H,10-15H2,1H3,(H,24,29). The Morgan fingerprint density at radius 1 is 1.14 bits per heavy atom. The van der Waals surface area contributed by atoms with Crippen LogP contribution in [0.1, 0.15) is 18.2 Å². The van der Waals surface area contributed by atoms with Crippen LogP contribution < -0.4 is 5.32 Å². The number of halogens is 1. The van der Waals surface area contributed by atoms with Crippen LogP contribution in [0.3, 0.4) is 0 Å². The number of nitrogens with zero attached hydrogens (tertiary/aromatic N) is 4. The van der Waals surface area contributed by atoms with E-state index in [1.165, 1.54) is 6.07 Å². The van der Waals surface area contributed by atoms with E-state index in [1.54, 1.807) is 18.2 Å². The molecule has 3 heterocycles. The third-order valence-electron chi connectivity index (χ3n) is 5.54. The van der Waals surface area contributed by atoms with Crippen molar-refractivity contribution in [3.63, 3.8) is 0 Å². The summed E-state index contributed by atoms with van der Waals surface area (Å²) < 4.78 is 15.7. The van der Waals surface area contributed by atoms with E-state index < -0.39 is 0 Å². The molecule has 3 aromatic rings. The van der Waals surface area contributed by atoms with Gasteiger partial charge in [-0.15, -0.1) is 0 Å². The number of hydrogen-bond donors (Lipinski definition) is 1. The smallest absolute Gasteiger partial charge is 0.237 e. The summed E-state index contributed by atoms with van der Waals surface area (Å²) in [4.78, 5) is 21.7. The molecule has 1 atom stereocenters. The summed E-state index contributed by atoms with van der Waals surface area (Å²) in [6, 6.07) is 12.3. The second-order valence-corrected chi connectivity index (χ2v) is 7.50. The number of benzene rings is 1. The van der Waals surface area contributed by atoms with Crippen LogP contribution >= 0.6 is 0 Å². The zero-order valence-electron chi connectivity index (χ0n) is 16.6. The lowest BCUT2D eigenvalue weighted by Crippen LogP contribution is -2.53. The zero-order valence-corrected chi connectivity index (χ0v) is 16.6. The number of pyridine rings is 1. The predicted molar refractivity (Wildman–Crippen MR) is 110 cm³/mol. The number of aromatic nitrogens is 2. The van der Waals surface area contributed by atoms with E-state index in [0.29, 0.717) is 5.56 Å². The molecule has 0 aliphatic carbocycles. The van der Waals surface area contributed by atoms with Gasteiger partial charge in [-0.05, 0) is 25.1 Å². The molecule has 0 spiro atoms. The summed E-state index contributed by atoms with van der Waals surface area (Å²) in [5, 5.41) is 2.86. The van der Waals surface area contributed by atoms with Crippen LogP contribution in [0.5, 0.6) is 0 Å². The van der Waals surface area contributed by atoms with Crippen molar-refractivity contribution in [3.05, 3.63) is 71.9 Å². The Labute approximate surface area is 170 Å². The Balaban J connectivity index is 1.26. The van der Waals surface area contributed by atoms with Crippen LogP contribution in [-0.2, 0) is 17.9 Å². The molecular formula is C22H26FN5O. The zero-order chi connectivity index (χ0) is 20.2. The van der Waals surface area contributed by atoms with E-state index in [4.69, 9.17) is 0 Å². The lowest BCUT2D eigenvalue weighted by Gasteiger charge is -2.37. The lowest BCUT2D eigenvalue weighted by atomic mass is 10.2. The van der Waals surface area contributed by atoms with Crippen molar-refractivity contribution in [2.45, 2.75) is 26.1 Å². The van der Waals surface area contributed by atoms with Gasteiger partial charge in [0.25, 0.3) is 0 Å². The van der Waals surface area contributed by atoms with Gasteiger partial charge in [-0.1, -0.05) is 24.3 Å². The van der Waals surface area contributed by atoms with Gasteiger partial charge in [-0.2, -0.15) is 0 Å². The number of fused-ring (bicyclic) bond motifs is 1. The van der Waals surface area contributed by atoms with Gasteiger partial charge >= 0.3 is 0 Å². The Kier molecular flexibility index (Phi) is 5.87. The van der Waals surface area contributed by atoms with Gasteiger partial charge in [-0.25, -0.2) is 9.37 Å². The number of nitrogens with one attached hydrogen (secondary N) is 1. The minimum atomic E-state index is -0.291. The summed E-state index contributed by atoms with van der Waals surface area (Å²) in [6.07, 6.45) is 4.08. The molecule has 1 aromatic carbocycles. The maximum atomic E-state index is 13.7. The maximum Gasteiger partial charge on any atom is 0.237 e. The molecule has 29 heavy (non-hydrogen) atoms. The number of imidazole rings is 1. The summed E-state index contributed by atoms with van der Waals surface area (Å²) in [7, 11) is 0. The molecule has 1 amide bonds. The van der Waals surface area contributed by atoms with Crippen molar-refractivity contribution in [3.8, 4) is 0 Å². The van der Waals surface area contributed by atoms with Gasteiger partial charge in [0.2, 0.25) is 5.91 Å². The molecule has 1 saturated heterocycles. The summed E-state index contributed by atoms with van der Waals surface area (Å²) in [5.74, 6) is -0.358. The molecule has 7 heteroatoms. The molecule has 1 fully saturated rings. The minimum Gasteiger partial charge on any atom is -0.351 e. The first-order valence-corrected chi connectivity index (χ1v) is 10.0. The molecule has 1 aliphatic heterocycles. The SMILES string of the molecule is CC(C(=O)NCc1ccccc1F)N1CCN(Cc2cn3ccccc3n2)CC1. The number of carbonyl (C=O) groups excluding carboxylic acids is 1. The molecule has 0 saturated carbocycles. The molecule has 0 bridgehead atoms. The second-order valence-electron chi connectivity index (χ2n) is 7.50. The van der Waals surface area contributed by atoms with Gasteiger partial charge in [-0.3, -0.25) is 14.6 Å². The van der Waals surface area contributed by atoms with E-state index >= 15 is 0 Å². The fourth-order valence-electron chi connectivity index (χ4n) is 3.74. The molecule has 1 N–H and O–H groups in total. The van der Waals surface area contributed by atoms with Crippen molar-refractivity contribution in [2.24, 2.45) is 0 Å². The average molecular weight is 395 g/mol. The molecule has 152 valence electrons. The monoisotopic (exact) mass is 395 g/mol. The first kappa shape index (κ1) is 19.5. The van der Waals surface area contributed by atoms with E-state index in [-0.39, 0.29) is 24.3 Å². The first-order valence-electron chi connectivity index (χ1n) is 10.0. The Hall–Kier alpha value is -2.77. The number of hydrogen-bond acceptors (Lipinski definition) is 4. The third-order valence-corrected chi connectivity index (χ3v) is 5.54. The average Bonchev–Trinajstić information content (AvgIpc) is 3.15. The maximum absolute atomic E-state index is 13.7. The fourth-order valence-corrected chi connectivity index (χ4v) is 3.74. The van der Waals surface area contributed by atoms with Crippen molar-refractivity contribution < 1.29 is 9.18 Å². The van der Waals surface area contributed by atoms with Crippen molar-refractivity contribution >= 4 is 11.6 Å². The Bertz CT molecular complexity index is 947. The quantitative estimate of drug-likeness (QED) is 0.696. The van der Waals surface area contributed by atoms with Crippen LogP contribution in [0, 0.1) is 5.82 Å². The largest absolute Gasteiger partial charge is 0.351 e. The Morgan fingerprint density at radius 2 is 1.90 bits per heavy atom. The van der Waals surface area contributed by atoms with E-state index in [9.17, 15) is 9.18 Å². The molecule has 2 aromatic heterocycles. The van der Waals surface area contributed by atoms with Crippen LogP contribution in [0.4, 0.5) is 4.39 Å². The molecule has 1 aliphatic rings. The van der Waals surface area contributed by atoms with Crippen molar-refractivity contribution in [1.82, 2.24) is 24.5 Å². The van der Waals surface area contributed by atoms with Gasteiger partial charge in [0.15, 0.2) is 0 Å². The minimum absolute atomic E-state index is 0.0675. The molecule has 1 unspecified atom stereocenters. The fraction of sp³-hybridized carbons (Fsp3) is 0.364. The van der Waals surface area contributed by atoms with E-state index in [0.717, 1.165) is 44.1 Å². The molecule has 0 radical (unpaired) electrons. The highest BCUT2D eigenvalue weighted by Crippen LogP contribution is 2.12. The highest BCUT2D eigenvalue weighted by Gasteiger charge is 2.25. The number of amides is 1. The van der Waals surface area contributed by atoms with E-state index in [2.05, 4.69) is 26.3 Å². The highest BCUT2D eigenvalue weighted by molar-refractivity contribution is 5.81. The summed E-state index contributed by atoms with van der Waals surface area (Å²) in [6.45, 7) is 6.35. The van der Waals surface area contributed by atoms with Gasteiger partial charge in [0.05, 0.1) is 11.7 Å². The second kappa shape index (κ2) is 8.71. The molecule has 4 rings (SSSR count). The number of rotatable bonds is 6. The molecular weight excluding hydrogens is 369 g/mol. The predicted octanol–water partition coefficient (Wildman–Crippen LogP) is 2.30. The third kappa shape index (κ3) is 4.63. The van der Waals surface area contributed by atoms with Crippen molar-refractivity contribution in [2.75, 3.05) is 26.2 Å². The van der Waals surface area contributed by atoms with Crippen LogP contribution in [0.25, 0.3) is 5.65 Å². The first-order chi connectivity index (χ1) is 14.1. The summed E-state index contributed by atoms with van der Waals surface area (Å²) in [5.41, 5.74) is 2.52. The van der Waals surface area contributed by atoms with Crippen LogP contribution in [0.15, 0.2) is 54.9 Å². The number of carbonyl (C=O) groups is 1. The lowest BCUT2D eigenvalue weighted by molar-refractivity contribution is -0.126. The van der Waals surface area contributed by atoms with Crippen LogP contribution in [0.2, 0.25) is 0 Å². The van der Waals surface area contributed by atoms with Gasteiger partial charge < -0.3 is 9.72 Å². The normalized spacial score (nSPS) is 16.8. The number of piperazine rings is 1. The highest BCUT2D eigenvalue weighted by atomic mass is 19.1. The Morgan fingerprint density at radius 3 is 2.66 bits per heavy atom.